The van der Waals surface area contributed by atoms with Crippen molar-refractivity contribution in [3.05, 3.63) is 0 Å². The molecule has 0 atom stereocenters. The van der Waals surface area contributed by atoms with Gasteiger partial charge in [0.1, 0.15) is 0 Å². The molecule has 0 aliphatic carbocycles. The van der Waals surface area contributed by atoms with E-state index < -0.39 is 11.2 Å². The van der Waals surface area contributed by atoms with Gasteiger partial charge < -0.3 is 0 Å². The van der Waals surface area contributed by atoms with Gasteiger partial charge in [-0.1, -0.05) is 0 Å². The first-order valence-electron chi connectivity index (χ1n) is 0.504. The summed E-state index contributed by atoms with van der Waals surface area (Å²) in [5, 5.41) is 0. The zero-order chi connectivity index (χ0) is 4.50. The first-order chi connectivity index (χ1) is 2.00. The van der Waals surface area contributed by atoms with Crippen molar-refractivity contribution < 1.29 is 31.3 Å². The molecule has 0 saturated carbocycles. The van der Waals surface area contributed by atoms with E-state index in [1.54, 1.807) is 0 Å². The molecule has 0 aliphatic heterocycles. The van der Waals surface area contributed by atoms with Crippen LogP contribution in [0.25, 0.3) is 0 Å². The minimum Gasteiger partial charge on any atom is 0 e. The van der Waals surface area contributed by atoms with E-state index in [1.165, 1.54) is 0 Å². The topological polar surface area (TPSA) is 0 Å². The first kappa shape index (κ1) is 11.3. The van der Waals surface area contributed by atoms with Crippen molar-refractivity contribution >= 4 is 38.3 Å². The second kappa shape index (κ2) is 4.35. The summed E-state index contributed by atoms with van der Waals surface area (Å²) in [5.41, 5.74) is 0. The summed E-state index contributed by atoms with van der Waals surface area (Å²) in [6.45, 7) is 0. The minimum atomic E-state index is -3.11. The van der Waals surface area contributed by atoms with Crippen LogP contribution in [0.1, 0.15) is 0 Å². The van der Waals surface area contributed by atoms with Crippen molar-refractivity contribution in [1.29, 1.82) is 0 Å². The normalized spacial score (nSPS) is 12.7. The van der Waals surface area contributed by atoms with Crippen molar-refractivity contribution in [3.63, 3.8) is 0 Å². The van der Waals surface area contributed by atoms with Gasteiger partial charge >= 0.3 is 49.6 Å². The summed E-state index contributed by atoms with van der Waals surface area (Å²) in [6, 6.07) is 0. The Balaban J connectivity index is 0. The van der Waals surface area contributed by atoms with Crippen molar-refractivity contribution in [2.75, 3.05) is 0 Å². The van der Waals surface area contributed by atoms with Gasteiger partial charge in [0.25, 0.3) is 0 Å². The third kappa shape index (κ3) is 31.8. The van der Waals surface area contributed by atoms with Crippen molar-refractivity contribution in [2.24, 2.45) is 0 Å². The molecular formula is Cl4Ir2. The third-order valence-electron chi connectivity index (χ3n) is 0. The van der Waals surface area contributed by atoms with Gasteiger partial charge in [-0.25, -0.2) is 0 Å². The summed E-state index contributed by atoms with van der Waals surface area (Å²) in [6.07, 6.45) is 0. The second-order valence-corrected chi connectivity index (χ2v) is 21.0. The molecule has 0 fully saturated rings. The molecule has 0 amide bonds. The van der Waals surface area contributed by atoms with Gasteiger partial charge in [-0.15, -0.1) is 0 Å². The number of hydrogen-bond donors (Lipinski definition) is 0. The average Bonchev–Trinajstić information content (AvgIpc) is 0.722. The molecule has 0 N–H and O–H groups in total. The molecule has 0 aromatic heterocycles. The molecule has 0 aliphatic rings. The van der Waals surface area contributed by atoms with E-state index in [9.17, 15) is 0 Å². The van der Waals surface area contributed by atoms with E-state index in [-0.39, 0.29) is 20.1 Å². The molecule has 0 heterocycles. The molecule has 6 heteroatoms. The third-order valence-corrected chi connectivity index (χ3v) is 0. The van der Waals surface area contributed by atoms with Crippen LogP contribution in [0.3, 0.4) is 0 Å². The molecule has 0 aromatic carbocycles. The molecule has 0 unspecified atom stereocenters. The standard InChI is InChI=1S/4ClH.2Ir/h4*1H;;/q;;;;;+4/p-4. The van der Waals surface area contributed by atoms with Crippen LogP contribution in [0.15, 0.2) is 0 Å². The van der Waals surface area contributed by atoms with Gasteiger partial charge in [0.15, 0.2) is 0 Å². The van der Waals surface area contributed by atoms with E-state index in [4.69, 9.17) is 38.3 Å². The molecule has 1 radical (unpaired) electrons. The molecule has 6 heavy (non-hydrogen) atoms. The Labute approximate surface area is 68.8 Å². The van der Waals surface area contributed by atoms with Gasteiger partial charge in [0, 0.05) is 20.1 Å². The van der Waals surface area contributed by atoms with E-state index in [0.29, 0.717) is 0 Å². The Hall–Kier alpha value is 2.46. The summed E-state index contributed by atoms with van der Waals surface area (Å²) in [4.78, 5) is 0. The Kier molecular flexibility index (Phi) is 8.18. The number of hydrogen-bond acceptors (Lipinski definition) is 0. The SMILES string of the molecule is [Cl][Ir]([Cl])([Cl])[Cl].[Ir]. The Morgan fingerprint density at radius 3 is 0.833 bits per heavy atom. The van der Waals surface area contributed by atoms with E-state index in [1.807, 2.05) is 0 Å². The van der Waals surface area contributed by atoms with Gasteiger partial charge in [-0.05, 0) is 0 Å². The first-order valence-corrected chi connectivity index (χ1v) is 12.4. The number of halogens is 4. The smallest absolute Gasteiger partial charge is 0 e. The quantitative estimate of drug-likeness (QED) is 0.456. The summed E-state index contributed by atoms with van der Waals surface area (Å²) in [5.74, 6) is 0. The summed E-state index contributed by atoms with van der Waals surface area (Å²) < 4.78 is 0. The predicted molar refractivity (Wildman–Crippen MR) is 23.4 cm³/mol. The zero-order valence-corrected chi connectivity index (χ0v) is 9.99. The van der Waals surface area contributed by atoms with Gasteiger partial charge in [-0.2, -0.15) is 0 Å². The molecule has 0 aromatic rings. The van der Waals surface area contributed by atoms with Crippen molar-refractivity contribution in [3.8, 4) is 0 Å². The minimum absolute atomic E-state index is 0. The van der Waals surface area contributed by atoms with Gasteiger partial charge in [0.05, 0.1) is 0 Å². The predicted octanol–water partition coefficient (Wildman–Crippen LogP) is 2.75. The maximum atomic E-state index is 5.01. The molecule has 0 bridgehead atoms. The monoisotopic (exact) mass is 526 g/mol. The van der Waals surface area contributed by atoms with Crippen LogP contribution in [0.2, 0.25) is 0 Å². The largest absolute Gasteiger partial charge is 0 e. The van der Waals surface area contributed by atoms with Crippen LogP contribution in [0.5, 0.6) is 0 Å². The van der Waals surface area contributed by atoms with Crippen LogP contribution < -0.4 is 0 Å². The molecule has 46 valence electrons. The molecule has 0 nitrogen and oxygen atoms in total. The fraction of sp³-hybridized carbons (Fsp3) is 0. The zero-order valence-electron chi connectivity index (χ0n) is 2.18. The van der Waals surface area contributed by atoms with Gasteiger partial charge in [0.2, 0.25) is 0 Å². The molecular weight excluding hydrogens is 526 g/mol. The molecule has 0 spiro atoms. The Morgan fingerprint density at radius 2 is 0.833 bits per heavy atom. The number of rotatable bonds is 0. The Bertz CT molecular complexity index is 21.0. The van der Waals surface area contributed by atoms with E-state index in [2.05, 4.69) is 0 Å². The van der Waals surface area contributed by atoms with Crippen LogP contribution in [-0.4, -0.2) is 0 Å². The van der Waals surface area contributed by atoms with E-state index in [0.717, 1.165) is 0 Å². The van der Waals surface area contributed by atoms with Crippen LogP contribution >= 0.6 is 38.3 Å². The Morgan fingerprint density at radius 1 is 0.833 bits per heavy atom. The van der Waals surface area contributed by atoms with Crippen LogP contribution in [0, 0.1) is 0 Å². The summed E-state index contributed by atoms with van der Waals surface area (Å²) in [7, 11) is 20.1. The van der Waals surface area contributed by atoms with Crippen molar-refractivity contribution in [2.45, 2.75) is 0 Å². The maximum absolute atomic E-state index is 5.01. The van der Waals surface area contributed by atoms with Crippen LogP contribution in [0.4, 0.5) is 0 Å². The van der Waals surface area contributed by atoms with Crippen molar-refractivity contribution in [1.82, 2.24) is 0 Å². The fourth-order valence-electron chi connectivity index (χ4n) is 0. The molecule has 0 rings (SSSR count). The average molecular weight is 526 g/mol. The van der Waals surface area contributed by atoms with Gasteiger partial charge in [-0.3, -0.25) is 0 Å². The van der Waals surface area contributed by atoms with E-state index >= 15 is 0 Å². The fourth-order valence-corrected chi connectivity index (χ4v) is 0. The maximum Gasteiger partial charge on any atom is 0 e. The van der Waals surface area contributed by atoms with Crippen LogP contribution in [-0.2, 0) is 31.3 Å². The summed E-state index contributed by atoms with van der Waals surface area (Å²) >= 11 is -3.11. The molecule has 0 saturated heterocycles. The second-order valence-electron chi connectivity index (χ2n) is 0.286.